The molecule has 1 aliphatic heterocycles. The van der Waals surface area contributed by atoms with E-state index in [-0.39, 0.29) is 0 Å². The standard InChI is InChI=1S/C7H8Br2N2OS/c8-5-6(9)13-7(10-5)11-1-3-12-4-2-11/h1-4H2. The van der Waals surface area contributed by atoms with Crippen molar-refractivity contribution in [3.8, 4) is 0 Å². The third-order valence-corrected chi connectivity index (χ3v) is 4.95. The smallest absolute Gasteiger partial charge is 0.187 e. The van der Waals surface area contributed by atoms with Crippen LogP contribution in [0.5, 0.6) is 0 Å². The molecule has 0 aromatic carbocycles. The molecule has 1 aliphatic rings. The molecule has 1 saturated heterocycles. The Kier molecular flexibility index (Phi) is 3.23. The molecule has 1 fully saturated rings. The maximum absolute atomic E-state index is 5.27. The Morgan fingerprint density at radius 2 is 2.00 bits per heavy atom. The van der Waals surface area contributed by atoms with Crippen LogP contribution in [-0.4, -0.2) is 31.3 Å². The van der Waals surface area contributed by atoms with Gasteiger partial charge in [-0.3, -0.25) is 0 Å². The average molecular weight is 328 g/mol. The molecule has 0 unspecified atom stereocenters. The van der Waals surface area contributed by atoms with E-state index in [1.165, 1.54) is 0 Å². The predicted molar refractivity (Wildman–Crippen MR) is 60.5 cm³/mol. The van der Waals surface area contributed by atoms with Gasteiger partial charge in [0.05, 0.1) is 13.2 Å². The second-order valence-electron chi connectivity index (χ2n) is 2.66. The van der Waals surface area contributed by atoms with Gasteiger partial charge in [-0.05, 0) is 31.9 Å². The first-order chi connectivity index (χ1) is 6.27. The van der Waals surface area contributed by atoms with Crippen LogP contribution < -0.4 is 4.90 Å². The van der Waals surface area contributed by atoms with Crippen molar-refractivity contribution in [1.29, 1.82) is 0 Å². The molecule has 0 aliphatic carbocycles. The second kappa shape index (κ2) is 4.25. The summed E-state index contributed by atoms with van der Waals surface area (Å²) in [7, 11) is 0. The van der Waals surface area contributed by atoms with Crippen molar-refractivity contribution in [2.45, 2.75) is 0 Å². The third-order valence-electron chi connectivity index (χ3n) is 1.82. The topological polar surface area (TPSA) is 25.4 Å². The van der Waals surface area contributed by atoms with Crippen LogP contribution in [0.2, 0.25) is 0 Å². The highest BCUT2D eigenvalue weighted by atomic mass is 79.9. The van der Waals surface area contributed by atoms with Gasteiger partial charge in [0.25, 0.3) is 0 Å². The molecule has 6 heteroatoms. The minimum Gasteiger partial charge on any atom is -0.378 e. The van der Waals surface area contributed by atoms with Crippen LogP contribution >= 0.6 is 43.2 Å². The van der Waals surface area contributed by atoms with Crippen LogP contribution in [0.3, 0.4) is 0 Å². The van der Waals surface area contributed by atoms with Gasteiger partial charge in [0.15, 0.2) is 5.13 Å². The van der Waals surface area contributed by atoms with Gasteiger partial charge in [-0.15, -0.1) is 0 Å². The van der Waals surface area contributed by atoms with E-state index in [4.69, 9.17) is 4.74 Å². The Balaban J connectivity index is 2.14. The van der Waals surface area contributed by atoms with Crippen molar-refractivity contribution in [1.82, 2.24) is 4.98 Å². The van der Waals surface area contributed by atoms with E-state index in [1.807, 2.05) is 0 Å². The summed E-state index contributed by atoms with van der Waals surface area (Å²) in [4.78, 5) is 6.63. The molecule has 0 atom stereocenters. The average Bonchev–Trinajstić information content (AvgIpc) is 2.49. The number of hydrogen-bond donors (Lipinski definition) is 0. The summed E-state index contributed by atoms with van der Waals surface area (Å²) in [6.07, 6.45) is 0. The molecule has 72 valence electrons. The lowest BCUT2D eigenvalue weighted by Gasteiger charge is -2.25. The van der Waals surface area contributed by atoms with Crippen molar-refractivity contribution >= 4 is 48.3 Å². The first-order valence-corrected chi connectivity index (χ1v) is 6.32. The summed E-state index contributed by atoms with van der Waals surface area (Å²) < 4.78 is 7.21. The number of morpholine rings is 1. The summed E-state index contributed by atoms with van der Waals surface area (Å²) in [6, 6.07) is 0. The number of thiazole rings is 1. The SMILES string of the molecule is Brc1nc(N2CCOCC2)sc1Br. The third kappa shape index (κ3) is 2.23. The molecule has 13 heavy (non-hydrogen) atoms. The maximum Gasteiger partial charge on any atom is 0.187 e. The number of anilines is 1. The molecular weight excluding hydrogens is 320 g/mol. The fourth-order valence-electron chi connectivity index (χ4n) is 1.16. The fourth-order valence-corrected chi connectivity index (χ4v) is 2.95. The first-order valence-electron chi connectivity index (χ1n) is 3.92. The minimum atomic E-state index is 0.800. The fraction of sp³-hybridized carbons (Fsp3) is 0.571. The number of rotatable bonds is 1. The molecule has 1 aromatic rings. The van der Waals surface area contributed by atoms with Gasteiger partial charge < -0.3 is 9.64 Å². The monoisotopic (exact) mass is 326 g/mol. The molecule has 0 saturated carbocycles. The first kappa shape index (κ1) is 9.89. The summed E-state index contributed by atoms with van der Waals surface area (Å²) in [5.74, 6) is 0. The molecule has 0 bridgehead atoms. The van der Waals surface area contributed by atoms with Crippen LogP contribution in [0.4, 0.5) is 5.13 Å². The zero-order chi connectivity index (χ0) is 9.26. The minimum absolute atomic E-state index is 0.800. The van der Waals surface area contributed by atoms with E-state index < -0.39 is 0 Å². The number of hydrogen-bond acceptors (Lipinski definition) is 4. The van der Waals surface area contributed by atoms with Gasteiger partial charge in [-0.25, -0.2) is 4.98 Å². The number of ether oxygens (including phenoxy) is 1. The van der Waals surface area contributed by atoms with Gasteiger partial charge in [0.1, 0.15) is 8.39 Å². The molecule has 2 heterocycles. The van der Waals surface area contributed by atoms with Crippen molar-refractivity contribution in [2.75, 3.05) is 31.2 Å². The lowest BCUT2D eigenvalue weighted by atomic mass is 10.5. The predicted octanol–water partition coefficient (Wildman–Crippen LogP) is 2.50. The Labute approximate surface area is 97.4 Å². The van der Waals surface area contributed by atoms with Crippen LogP contribution in [0.15, 0.2) is 8.39 Å². The van der Waals surface area contributed by atoms with Gasteiger partial charge >= 0.3 is 0 Å². The van der Waals surface area contributed by atoms with Crippen LogP contribution in [0.1, 0.15) is 0 Å². The van der Waals surface area contributed by atoms with Crippen molar-refractivity contribution in [2.24, 2.45) is 0 Å². The van der Waals surface area contributed by atoms with Crippen LogP contribution in [0, 0.1) is 0 Å². The summed E-state index contributed by atoms with van der Waals surface area (Å²) in [5.41, 5.74) is 0. The molecule has 0 N–H and O–H groups in total. The molecule has 3 nitrogen and oxygen atoms in total. The van der Waals surface area contributed by atoms with Crippen LogP contribution in [0.25, 0.3) is 0 Å². The molecule has 0 amide bonds. The number of aromatic nitrogens is 1. The summed E-state index contributed by atoms with van der Waals surface area (Å²) in [5, 5.41) is 1.06. The summed E-state index contributed by atoms with van der Waals surface area (Å²) in [6.45, 7) is 3.47. The lowest BCUT2D eigenvalue weighted by molar-refractivity contribution is 0.122. The Morgan fingerprint density at radius 1 is 1.31 bits per heavy atom. The molecular formula is C7H8Br2N2OS. The number of nitrogens with zero attached hydrogens (tertiary/aromatic N) is 2. The van der Waals surface area contributed by atoms with E-state index in [9.17, 15) is 0 Å². The molecule has 2 rings (SSSR count). The lowest BCUT2D eigenvalue weighted by Crippen LogP contribution is -2.36. The molecule has 1 aromatic heterocycles. The van der Waals surface area contributed by atoms with Crippen molar-refractivity contribution in [3.05, 3.63) is 8.39 Å². The maximum atomic E-state index is 5.27. The molecule has 0 radical (unpaired) electrons. The Morgan fingerprint density at radius 3 is 2.54 bits per heavy atom. The van der Waals surface area contributed by atoms with E-state index in [2.05, 4.69) is 41.7 Å². The highest BCUT2D eigenvalue weighted by molar-refractivity contribution is 9.13. The van der Waals surface area contributed by atoms with Gasteiger partial charge in [0, 0.05) is 13.1 Å². The highest BCUT2D eigenvalue weighted by Crippen LogP contribution is 2.34. The van der Waals surface area contributed by atoms with E-state index in [1.54, 1.807) is 11.3 Å². The van der Waals surface area contributed by atoms with E-state index in [0.29, 0.717) is 0 Å². The zero-order valence-corrected chi connectivity index (χ0v) is 10.8. The normalized spacial score (nSPS) is 17.8. The largest absolute Gasteiger partial charge is 0.378 e. The second-order valence-corrected chi connectivity index (χ2v) is 5.71. The summed E-state index contributed by atoms with van der Waals surface area (Å²) >= 11 is 8.46. The Bertz CT molecular complexity index is 279. The Hall–Kier alpha value is 0.350. The van der Waals surface area contributed by atoms with Crippen molar-refractivity contribution in [3.63, 3.8) is 0 Å². The number of halogens is 2. The van der Waals surface area contributed by atoms with E-state index in [0.717, 1.165) is 39.8 Å². The molecule has 0 spiro atoms. The quantitative estimate of drug-likeness (QED) is 0.792. The zero-order valence-electron chi connectivity index (χ0n) is 6.80. The van der Waals surface area contributed by atoms with Gasteiger partial charge in [-0.2, -0.15) is 0 Å². The van der Waals surface area contributed by atoms with Gasteiger partial charge in [0.2, 0.25) is 0 Å². The van der Waals surface area contributed by atoms with E-state index >= 15 is 0 Å². The highest BCUT2D eigenvalue weighted by Gasteiger charge is 2.16. The van der Waals surface area contributed by atoms with Gasteiger partial charge in [-0.1, -0.05) is 11.3 Å². The van der Waals surface area contributed by atoms with Crippen LogP contribution in [-0.2, 0) is 4.74 Å². The van der Waals surface area contributed by atoms with Crippen molar-refractivity contribution < 1.29 is 4.74 Å².